The van der Waals surface area contributed by atoms with Crippen LogP contribution in [-0.4, -0.2) is 47.4 Å². The van der Waals surface area contributed by atoms with Crippen LogP contribution < -0.4 is 10.5 Å². The molecule has 8 heteroatoms. The Morgan fingerprint density at radius 1 is 0.971 bits per heavy atom. The van der Waals surface area contributed by atoms with Crippen molar-refractivity contribution >= 4 is 45.0 Å². The van der Waals surface area contributed by atoms with Crippen LogP contribution in [-0.2, 0) is 6.54 Å². The minimum absolute atomic E-state index is 0.169. The summed E-state index contributed by atoms with van der Waals surface area (Å²) in [4.78, 5) is 27.6. The van der Waals surface area contributed by atoms with Gasteiger partial charge in [0.2, 0.25) is 5.78 Å². The Hall–Kier alpha value is -3.42. The van der Waals surface area contributed by atoms with E-state index in [0.717, 1.165) is 30.4 Å². The van der Waals surface area contributed by atoms with Crippen molar-refractivity contribution in [2.24, 2.45) is 5.73 Å². The third-order valence-electron chi connectivity index (χ3n) is 6.53. The normalized spacial score (nSPS) is 14.1. The zero-order valence-corrected chi connectivity index (χ0v) is 19.9. The first-order valence-corrected chi connectivity index (χ1v) is 12.0. The number of ether oxygens (including phenoxy) is 1. The van der Waals surface area contributed by atoms with Gasteiger partial charge in [-0.3, -0.25) is 9.59 Å². The van der Waals surface area contributed by atoms with Gasteiger partial charge in [-0.05, 0) is 79.2 Å². The van der Waals surface area contributed by atoms with Crippen molar-refractivity contribution in [1.82, 2.24) is 9.47 Å². The van der Waals surface area contributed by atoms with E-state index in [1.165, 1.54) is 25.0 Å². The average molecular weight is 494 g/mol. The molecular weight excluding hydrogens is 469 g/mol. The number of primary amides is 1. The number of likely N-dealkylation sites (tertiary alicyclic amines) is 1. The van der Waals surface area contributed by atoms with Crippen molar-refractivity contribution in [3.63, 3.8) is 0 Å². The molecule has 180 valence electrons. The first-order chi connectivity index (χ1) is 16.9. The summed E-state index contributed by atoms with van der Waals surface area (Å²) in [5.74, 6) is -1.06. The number of carbonyl (C=O) groups is 2. The number of benzene rings is 3. The van der Waals surface area contributed by atoms with Crippen molar-refractivity contribution < 1.29 is 18.7 Å². The van der Waals surface area contributed by atoms with Crippen molar-refractivity contribution in [3.8, 4) is 5.75 Å². The molecule has 6 nitrogen and oxygen atoms in total. The lowest BCUT2D eigenvalue weighted by Crippen LogP contribution is -2.23. The number of hydrogen-bond acceptors (Lipinski definition) is 4. The first kappa shape index (κ1) is 23.3. The van der Waals surface area contributed by atoms with Crippen LogP contribution in [0.5, 0.6) is 5.75 Å². The number of ketones is 1. The molecule has 0 radical (unpaired) electrons. The Morgan fingerprint density at radius 2 is 1.77 bits per heavy atom. The quantitative estimate of drug-likeness (QED) is 0.349. The molecule has 0 bridgehead atoms. The maximum Gasteiger partial charge on any atom is 0.252 e. The van der Waals surface area contributed by atoms with Gasteiger partial charge in [0, 0.05) is 35.3 Å². The van der Waals surface area contributed by atoms with Gasteiger partial charge in [0.15, 0.2) is 6.61 Å². The predicted molar refractivity (Wildman–Crippen MR) is 135 cm³/mol. The summed E-state index contributed by atoms with van der Waals surface area (Å²) in [6.07, 6.45) is 4.15. The van der Waals surface area contributed by atoms with Crippen LogP contribution in [0, 0.1) is 5.82 Å². The predicted octanol–water partition coefficient (Wildman–Crippen LogP) is 5.04. The number of nitrogens with zero attached hydrogens (tertiary/aromatic N) is 2. The van der Waals surface area contributed by atoms with Gasteiger partial charge in [-0.1, -0.05) is 17.7 Å². The lowest BCUT2D eigenvalue weighted by Gasteiger charge is -2.15. The van der Waals surface area contributed by atoms with Gasteiger partial charge in [-0.15, -0.1) is 0 Å². The van der Waals surface area contributed by atoms with E-state index in [1.54, 1.807) is 42.6 Å². The average Bonchev–Trinajstić information content (AvgIpc) is 3.48. The second-order valence-electron chi connectivity index (χ2n) is 8.86. The summed E-state index contributed by atoms with van der Waals surface area (Å²) < 4.78 is 21.8. The van der Waals surface area contributed by atoms with Crippen molar-refractivity contribution in [2.45, 2.75) is 19.4 Å². The maximum atomic E-state index is 14.0. The molecule has 4 aromatic rings. The summed E-state index contributed by atoms with van der Waals surface area (Å²) in [6.45, 7) is 3.34. The van der Waals surface area contributed by atoms with E-state index >= 15 is 0 Å². The van der Waals surface area contributed by atoms with Crippen molar-refractivity contribution in [2.75, 3.05) is 26.2 Å². The zero-order valence-electron chi connectivity index (χ0n) is 19.1. The standard InChI is InChI=1S/C27H25ClFN3O3/c28-19-4-3-17-13-26(22(27(30)34)12-18(17)11-19)35-16-25(33)23-15-32(10-9-31-7-1-2-8-31)24-14-20(29)5-6-21(23)24/h3-6,11-15H,1-2,7-10,16H2,(H2,30,34). The summed E-state index contributed by atoms with van der Waals surface area (Å²) >= 11 is 6.06. The van der Waals surface area contributed by atoms with Gasteiger partial charge >= 0.3 is 0 Å². The van der Waals surface area contributed by atoms with E-state index in [0.29, 0.717) is 28.0 Å². The molecule has 3 aromatic carbocycles. The number of halogens is 2. The Morgan fingerprint density at radius 3 is 2.54 bits per heavy atom. The minimum atomic E-state index is -0.664. The molecule has 1 saturated heterocycles. The number of Topliss-reactive ketones (excluding diaryl/α,β-unsaturated/α-hetero) is 1. The van der Waals surface area contributed by atoms with Gasteiger partial charge in [0.1, 0.15) is 11.6 Å². The lowest BCUT2D eigenvalue weighted by molar-refractivity contribution is 0.0913. The highest BCUT2D eigenvalue weighted by atomic mass is 35.5. The number of nitrogens with two attached hydrogens (primary N) is 1. The molecule has 1 fully saturated rings. The van der Waals surface area contributed by atoms with Crippen LogP contribution >= 0.6 is 11.6 Å². The topological polar surface area (TPSA) is 77.6 Å². The van der Waals surface area contributed by atoms with Crippen LogP contribution in [0.1, 0.15) is 33.6 Å². The van der Waals surface area contributed by atoms with Crippen molar-refractivity contribution in [1.29, 1.82) is 0 Å². The Labute approximate surface area is 207 Å². The smallest absolute Gasteiger partial charge is 0.252 e. The Balaban J connectivity index is 1.41. The lowest BCUT2D eigenvalue weighted by atomic mass is 10.1. The van der Waals surface area contributed by atoms with Gasteiger partial charge < -0.3 is 19.9 Å². The fourth-order valence-electron chi connectivity index (χ4n) is 4.71. The molecule has 1 amide bonds. The minimum Gasteiger partial charge on any atom is -0.485 e. The van der Waals surface area contributed by atoms with E-state index in [4.69, 9.17) is 22.1 Å². The summed E-state index contributed by atoms with van der Waals surface area (Å²) in [5, 5.41) is 2.75. The number of fused-ring (bicyclic) bond motifs is 2. The molecule has 0 aliphatic carbocycles. The summed E-state index contributed by atoms with van der Waals surface area (Å²) in [5.41, 5.74) is 6.85. The molecule has 2 N–H and O–H groups in total. The van der Waals surface area contributed by atoms with Gasteiger partial charge in [-0.25, -0.2) is 4.39 Å². The highest BCUT2D eigenvalue weighted by Crippen LogP contribution is 2.29. The number of rotatable bonds is 8. The third kappa shape index (κ3) is 4.88. The van der Waals surface area contributed by atoms with Crippen LogP contribution in [0.4, 0.5) is 4.39 Å². The zero-order chi connectivity index (χ0) is 24.5. The molecule has 1 aliphatic rings. The monoisotopic (exact) mass is 493 g/mol. The maximum absolute atomic E-state index is 14.0. The molecule has 5 rings (SSSR count). The van der Waals surface area contributed by atoms with Gasteiger partial charge in [-0.2, -0.15) is 0 Å². The molecule has 2 heterocycles. The second kappa shape index (κ2) is 9.68. The highest BCUT2D eigenvalue weighted by molar-refractivity contribution is 6.31. The van der Waals surface area contributed by atoms with Crippen LogP contribution in [0.3, 0.4) is 0 Å². The largest absolute Gasteiger partial charge is 0.485 e. The number of amides is 1. The highest BCUT2D eigenvalue weighted by Gasteiger charge is 2.19. The molecule has 1 aromatic heterocycles. The fraction of sp³-hybridized carbons (Fsp3) is 0.259. The van der Waals surface area contributed by atoms with E-state index in [1.807, 2.05) is 4.57 Å². The molecule has 1 aliphatic heterocycles. The summed E-state index contributed by atoms with van der Waals surface area (Å²) in [7, 11) is 0. The Kier molecular flexibility index (Phi) is 6.45. The van der Waals surface area contributed by atoms with Gasteiger partial charge in [0.25, 0.3) is 5.91 Å². The SMILES string of the molecule is NC(=O)c1cc2cc(Cl)ccc2cc1OCC(=O)c1cn(CCN2CCCC2)c2cc(F)ccc12. The van der Waals surface area contributed by atoms with E-state index in [-0.39, 0.29) is 29.5 Å². The molecule has 35 heavy (non-hydrogen) atoms. The van der Waals surface area contributed by atoms with Crippen LogP contribution in [0.15, 0.2) is 54.7 Å². The number of hydrogen-bond donors (Lipinski definition) is 1. The van der Waals surface area contributed by atoms with Crippen molar-refractivity contribution in [3.05, 3.63) is 76.7 Å². The van der Waals surface area contributed by atoms with E-state index in [2.05, 4.69) is 4.90 Å². The fourth-order valence-corrected chi connectivity index (χ4v) is 4.89. The Bertz CT molecular complexity index is 1440. The molecule has 0 spiro atoms. The molecular formula is C27H25ClFN3O3. The number of aromatic nitrogens is 1. The third-order valence-corrected chi connectivity index (χ3v) is 6.76. The molecule has 0 saturated carbocycles. The second-order valence-corrected chi connectivity index (χ2v) is 9.30. The van der Waals surface area contributed by atoms with E-state index < -0.39 is 5.91 Å². The van der Waals surface area contributed by atoms with Crippen LogP contribution in [0.25, 0.3) is 21.7 Å². The van der Waals surface area contributed by atoms with Gasteiger partial charge in [0.05, 0.1) is 11.1 Å². The molecule has 0 atom stereocenters. The molecule has 0 unspecified atom stereocenters. The first-order valence-electron chi connectivity index (χ1n) is 11.6. The summed E-state index contributed by atoms with van der Waals surface area (Å²) in [6, 6.07) is 13.0. The van der Waals surface area contributed by atoms with E-state index in [9.17, 15) is 14.0 Å². The van der Waals surface area contributed by atoms with Crippen LogP contribution in [0.2, 0.25) is 5.02 Å². The number of carbonyl (C=O) groups excluding carboxylic acids is 2.